The van der Waals surface area contributed by atoms with Crippen molar-refractivity contribution in [1.29, 1.82) is 0 Å². The molecule has 5 nitrogen and oxygen atoms in total. The van der Waals surface area contributed by atoms with Gasteiger partial charge in [0, 0.05) is 24.3 Å². The summed E-state index contributed by atoms with van der Waals surface area (Å²) in [6.45, 7) is 7.77. The largest absolute Gasteiger partial charge is 0.372 e. The van der Waals surface area contributed by atoms with Crippen molar-refractivity contribution in [2.75, 3.05) is 18.0 Å². The van der Waals surface area contributed by atoms with Crippen LogP contribution >= 0.6 is 11.3 Å². The maximum Gasteiger partial charge on any atom is 0.296 e. The first kappa shape index (κ1) is 17.8. The molecule has 1 heterocycles. The molecule has 25 heavy (non-hydrogen) atoms. The normalized spacial score (nSPS) is 11.8. The number of rotatable bonds is 5. The lowest BCUT2D eigenvalue weighted by Crippen LogP contribution is -2.21. The lowest BCUT2D eigenvalue weighted by molar-refractivity contribution is 0.484. The van der Waals surface area contributed by atoms with Gasteiger partial charge >= 0.3 is 0 Å². The van der Waals surface area contributed by atoms with Crippen LogP contribution in [0.4, 0.5) is 5.69 Å². The van der Waals surface area contributed by atoms with Gasteiger partial charge < -0.3 is 4.90 Å². The predicted molar refractivity (Wildman–Crippen MR) is 103 cm³/mol. The molecule has 1 aromatic heterocycles. The molecule has 0 aliphatic heterocycles. The summed E-state index contributed by atoms with van der Waals surface area (Å²) in [5.74, 6) is 0. The Bertz CT molecular complexity index is 1000. The Balaban J connectivity index is 2.09. The third-order valence-electron chi connectivity index (χ3n) is 4.21. The van der Waals surface area contributed by atoms with Gasteiger partial charge in [0.05, 0.1) is 10.2 Å². The molecule has 0 aliphatic rings. The summed E-state index contributed by atoms with van der Waals surface area (Å²) in [6, 6.07) is 11.5. The number of aromatic nitrogens is 1. The first-order valence-corrected chi connectivity index (χ1v) is 10.3. The molecule has 1 N–H and O–H groups in total. The molecule has 0 unspecified atom stereocenters. The number of benzene rings is 2. The summed E-state index contributed by atoms with van der Waals surface area (Å²) < 4.78 is 33.5. The second-order valence-electron chi connectivity index (χ2n) is 5.77. The van der Waals surface area contributed by atoms with Crippen LogP contribution in [0.25, 0.3) is 20.8 Å². The van der Waals surface area contributed by atoms with Crippen molar-refractivity contribution in [3.63, 3.8) is 0 Å². The highest BCUT2D eigenvalue weighted by Gasteiger charge is 2.20. The molecule has 0 amide bonds. The molecule has 0 saturated heterocycles. The van der Waals surface area contributed by atoms with Crippen molar-refractivity contribution < 1.29 is 13.0 Å². The SMILES string of the molecule is CCN(CC)c1ccc(-c2nc3ccc(C)c(S(=O)(=O)O)c3s2)cc1. The predicted octanol–water partition coefficient (Wildman–Crippen LogP) is 4.36. The number of thiazole rings is 1. The fourth-order valence-corrected chi connectivity index (χ4v) is 5.23. The smallest absolute Gasteiger partial charge is 0.296 e. The van der Waals surface area contributed by atoms with Gasteiger partial charge in [-0.25, -0.2) is 4.98 Å². The molecule has 3 rings (SSSR count). The maximum absolute atomic E-state index is 11.7. The van der Waals surface area contributed by atoms with Gasteiger partial charge in [-0.05, 0) is 56.7 Å². The lowest BCUT2D eigenvalue weighted by Gasteiger charge is -2.20. The Morgan fingerprint density at radius 1 is 1.08 bits per heavy atom. The van der Waals surface area contributed by atoms with Crippen molar-refractivity contribution in [3.8, 4) is 10.6 Å². The Morgan fingerprint density at radius 3 is 2.28 bits per heavy atom. The standard InChI is InChI=1S/C18H20N2O3S2/c1-4-20(5-2)14-9-7-13(8-10-14)18-19-15-11-6-12(3)17(16(15)24-18)25(21,22)23/h6-11H,4-5H2,1-3H3,(H,21,22,23). The van der Waals surface area contributed by atoms with Crippen molar-refractivity contribution in [3.05, 3.63) is 42.0 Å². The lowest BCUT2D eigenvalue weighted by atomic mass is 10.2. The molecule has 0 spiro atoms. The van der Waals surface area contributed by atoms with Crippen LogP contribution in [0.15, 0.2) is 41.3 Å². The van der Waals surface area contributed by atoms with Crippen molar-refractivity contribution in [1.82, 2.24) is 4.98 Å². The Kier molecular flexibility index (Phi) is 4.81. The van der Waals surface area contributed by atoms with E-state index in [0.717, 1.165) is 29.3 Å². The molecule has 3 aromatic rings. The second kappa shape index (κ2) is 6.74. The first-order valence-electron chi connectivity index (χ1n) is 8.08. The number of hydrogen-bond acceptors (Lipinski definition) is 5. The van der Waals surface area contributed by atoms with Crippen LogP contribution in [-0.4, -0.2) is 31.0 Å². The average Bonchev–Trinajstić information content (AvgIpc) is 2.99. The van der Waals surface area contributed by atoms with Crippen LogP contribution in [0, 0.1) is 6.92 Å². The highest BCUT2D eigenvalue weighted by atomic mass is 32.2. The van der Waals surface area contributed by atoms with E-state index in [0.29, 0.717) is 15.8 Å². The Morgan fingerprint density at radius 2 is 1.72 bits per heavy atom. The zero-order chi connectivity index (χ0) is 18.2. The highest BCUT2D eigenvalue weighted by molar-refractivity contribution is 7.86. The summed E-state index contributed by atoms with van der Waals surface area (Å²) in [5, 5.41) is 0.733. The highest BCUT2D eigenvalue weighted by Crippen LogP contribution is 2.36. The number of fused-ring (bicyclic) bond motifs is 1. The average molecular weight is 377 g/mol. The maximum atomic E-state index is 11.7. The molecule has 0 radical (unpaired) electrons. The van der Waals surface area contributed by atoms with E-state index >= 15 is 0 Å². The van der Waals surface area contributed by atoms with Gasteiger partial charge in [0.25, 0.3) is 10.1 Å². The first-order chi connectivity index (χ1) is 11.8. The van der Waals surface area contributed by atoms with Gasteiger partial charge in [-0.15, -0.1) is 11.3 Å². The van der Waals surface area contributed by atoms with E-state index in [-0.39, 0.29) is 4.90 Å². The van der Waals surface area contributed by atoms with E-state index in [4.69, 9.17) is 0 Å². The number of nitrogens with zero attached hydrogens (tertiary/aromatic N) is 2. The molecule has 132 valence electrons. The third kappa shape index (κ3) is 3.40. The van der Waals surface area contributed by atoms with E-state index in [1.807, 2.05) is 24.3 Å². The number of anilines is 1. The van der Waals surface area contributed by atoms with Crippen molar-refractivity contribution >= 4 is 37.4 Å². The quantitative estimate of drug-likeness (QED) is 0.670. The van der Waals surface area contributed by atoms with Gasteiger partial charge in [-0.3, -0.25) is 4.55 Å². The summed E-state index contributed by atoms with van der Waals surface area (Å²) in [5.41, 5.74) is 3.16. The fourth-order valence-electron chi connectivity index (χ4n) is 2.91. The summed E-state index contributed by atoms with van der Waals surface area (Å²) in [4.78, 5) is 6.75. The van der Waals surface area contributed by atoms with Gasteiger partial charge in [-0.1, -0.05) is 6.07 Å². The van der Waals surface area contributed by atoms with E-state index < -0.39 is 10.1 Å². The van der Waals surface area contributed by atoms with Crippen LogP contribution in [0.3, 0.4) is 0 Å². The summed E-state index contributed by atoms with van der Waals surface area (Å²) in [7, 11) is -4.29. The monoisotopic (exact) mass is 376 g/mol. The zero-order valence-electron chi connectivity index (χ0n) is 14.4. The molecule has 0 aliphatic carbocycles. The van der Waals surface area contributed by atoms with Gasteiger partial charge in [0.15, 0.2) is 0 Å². The van der Waals surface area contributed by atoms with Crippen LogP contribution in [0.2, 0.25) is 0 Å². The molecule has 7 heteroatoms. The fraction of sp³-hybridized carbons (Fsp3) is 0.278. The molecule has 0 fully saturated rings. The molecular weight excluding hydrogens is 356 g/mol. The van der Waals surface area contributed by atoms with E-state index in [9.17, 15) is 13.0 Å². The van der Waals surface area contributed by atoms with Crippen LogP contribution in [0.5, 0.6) is 0 Å². The number of hydrogen-bond donors (Lipinski definition) is 1. The number of aryl methyl sites for hydroxylation is 1. The van der Waals surface area contributed by atoms with Crippen LogP contribution < -0.4 is 4.90 Å². The zero-order valence-corrected chi connectivity index (χ0v) is 16.0. The van der Waals surface area contributed by atoms with Gasteiger partial charge in [0.1, 0.15) is 9.90 Å². The second-order valence-corrected chi connectivity index (χ2v) is 8.13. The van der Waals surface area contributed by atoms with Crippen molar-refractivity contribution in [2.45, 2.75) is 25.7 Å². The topological polar surface area (TPSA) is 70.5 Å². The molecule has 2 aromatic carbocycles. The van der Waals surface area contributed by atoms with E-state index in [1.165, 1.54) is 11.3 Å². The minimum Gasteiger partial charge on any atom is -0.372 e. The van der Waals surface area contributed by atoms with E-state index in [1.54, 1.807) is 19.1 Å². The molecular formula is C18H20N2O3S2. The summed E-state index contributed by atoms with van der Waals surface area (Å²) >= 11 is 1.28. The molecule has 0 saturated carbocycles. The van der Waals surface area contributed by atoms with Gasteiger partial charge in [0.2, 0.25) is 0 Å². The van der Waals surface area contributed by atoms with Gasteiger partial charge in [-0.2, -0.15) is 8.42 Å². The van der Waals surface area contributed by atoms with Crippen molar-refractivity contribution in [2.24, 2.45) is 0 Å². The van der Waals surface area contributed by atoms with Crippen LogP contribution in [0.1, 0.15) is 19.4 Å². The molecule has 0 atom stereocenters. The third-order valence-corrected chi connectivity index (χ3v) is 6.52. The van der Waals surface area contributed by atoms with Crippen LogP contribution in [-0.2, 0) is 10.1 Å². The summed E-state index contributed by atoms with van der Waals surface area (Å²) in [6.07, 6.45) is 0. The Labute approximate surface area is 151 Å². The Hall–Kier alpha value is -1.96. The minimum atomic E-state index is -4.29. The van der Waals surface area contributed by atoms with E-state index in [2.05, 4.69) is 23.7 Å². The molecule has 0 bridgehead atoms. The minimum absolute atomic E-state index is 0.0477.